The molecule has 36 heavy (non-hydrogen) atoms. The first-order valence-electron chi connectivity index (χ1n) is 12.9. The minimum atomic E-state index is -0.334. The number of esters is 2. The van der Waals surface area contributed by atoms with Crippen LogP contribution in [0.4, 0.5) is 0 Å². The molecule has 198 valence electrons. The Morgan fingerprint density at radius 2 is 1.94 bits per heavy atom. The number of hydrogen-bond donors (Lipinski definition) is 0. The average Bonchev–Trinajstić information content (AvgIpc) is 3.59. The predicted octanol–water partition coefficient (Wildman–Crippen LogP) is 6.81. The van der Waals surface area contributed by atoms with Gasteiger partial charge in [0.1, 0.15) is 5.82 Å². The molecule has 2 aromatic heterocycles. The maximum Gasteiger partial charge on any atom is 0.334 e. The van der Waals surface area contributed by atoms with Gasteiger partial charge in [-0.05, 0) is 35.9 Å². The van der Waals surface area contributed by atoms with Crippen LogP contribution < -0.4 is 0 Å². The van der Waals surface area contributed by atoms with E-state index in [1.807, 2.05) is 69.6 Å². The molecule has 0 saturated heterocycles. The zero-order valence-electron chi connectivity index (χ0n) is 22.9. The van der Waals surface area contributed by atoms with Crippen molar-refractivity contribution in [1.82, 2.24) is 9.55 Å². The lowest BCUT2D eigenvalue weighted by atomic mass is 9.96. The Hall–Kier alpha value is -2.93. The van der Waals surface area contributed by atoms with Crippen LogP contribution in [0.3, 0.4) is 0 Å². The molecule has 1 unspecified atom stereocenters. The van der Waals surface area contributed by atoms with Gasteiger partial charge in [0.25, 0.3) is 0 Å². The zero-order chi connectivity index (χ0) is 26.9. The molecule has 0 bridgehead atoms. The van der Waals surface area contributed by atoms with Crippen molar-refractivity contribution >= 4 is 29.4 Å². The minimum Gasteiger partial charge on any atom is -0.469 e. The number of carbonyl (C=O) groups is 2. The lowest BCUT2D eigenvalue weighted by Gasteiger charge is -2.17. The van der Waals surface area contributed by atoms with Crippen molar-refractivity contribution in [2.75, 3.05) is 14.2 Å². The predicted molar refractivity (Wildman–Crippen MR) is 149 cm³/mol. The van der Waals surface area contributed by atoms with Crippen molar-refractivity contribution in [3.05, 3.63) is 69.5 Å². The number of allylic oxidation sites excluding steroid dienone is 3. The first kappa shape index (κ1) is 31.1. The van der Waals surface area contributed by atoms with Gasteiger partial charge >= 0.3 is 11.9 Å². The third-order valence-electron chi connectivity index (χ3n) is 5.46. The lowest BCUT2D eigenvalue weighted by Crippen LogP contribution is -2.16. The summed E-state index contributed by atoms with van der Waals surface area (Å²) in [6, 6.07) is 3.99. The molecule has 6 nitrogen and oxygen atoms in total. The highest BCUT2D eigenvalue weighted by atomic mass is 32.1. The van der Waals surface area contributed by atoms with E-state index in [2.05, 4.69) is 22.6 Å². The number of aryl methyl sites for hydroxylation is 1. The zero-order valence-corrected chi connectivity index (χ0v) is 23.7. The van der Waals surface area contributed by atoms with Crippen molar-refractivity contribution in [1.29, 1.82) is 0 Å². The van der Waals surface area contributed by atoms with Crippen LogP contribution in [-0.4, -0.2) is 35.7 Å². The van der Waals surface area contributed by atoms with Gasteiger partial charge in [-0.25, -0.2) is 9.78 Å². The number of aromatic nitrogens is 2. The van der Waals surface area contributed by atoms with Crippen LogP contribution in [0, 0.1) is 5.92 Å². The van der Waals surface area contributed by atoms with E-state index in [9.17, 15) is 9.59 Å². The van der Waals surface area contributed by atoms with Crippen LogP contribution in [0.15, 0.2) is 53.1 Å². The number of thiophene rings is 1. The van der Waals surface area contributed by atoms with E-state index in [4.69, 9.17) is 9.47 Å². The second-order valence-corrected chi connectivity index (χ2v) is 8.74. The summed E-state index contributed by atoms with van der Waals surface area (Å²) in [6.45, 7) is 10.8. The Morgan fingerprint density at radius 3 is 2.50 bits per heavy atom. The van der Waals surface area contributed by atoms with E-state index in [1.165, 1.54) is 14.2 Å². The highest BCUT2D eigenvalue weighted by Gasteiger charge is 2.19. The SMILES string of the molecule is CC.CC.CCCCc1ncc(/C=C(\Cc2cccs2)C(=O)OC)n1CC1=CCC(C(=O)OC)C=C1. The molecule has 0 N–H and O–H groups in total. The van der Waals surface area contributed by atoms with Crippen LogP contribution in [0.2, 0.25) is 0 Å². The van der Waals surface area contributed by atoms with Crippen molar-refractivity contribution in [3.8, 4) is 0 Å². The standard InChI is InChI=1S/C25H30N2O4S.2C2H6/c1-4-5-8-23-26-16-21(14-20(25(29)31-3)15-22-7-6-13-32-22)27(23)17-18-9-11-19(12-10-18)24(28)30-2;2*1-2/h6-7,9-11,13-14,16,19H,4-5,8,12,15,17H2,1-3H3;2*1-2H3/b20-14+;;. The molecule has 2 aromatic rings. The van der Waals surface area contributed by atoms with Crippen LogP contribution >= 0.6 is 11.3 Å². The maximum absolute atomic E-state index is 12.5. The number of hydrogen-bond acceptors (Lipinski definition) is 6. The molecular formula is C29H42N2O4S. The number of rotatable bonds is 10. The van der Waals surface area contributed by atoms with Gasteiger partial charge < -0.3 is 14.0 Å². The van der Waals surface area contributed by atoms with E-state index in [-0.39, 0.29) is 17.9 Å². The molecule has 0 aliphatic heterocycles. The van der Waals surface area contributed by atoms with Crippen molar-refractivity contribution < 1.29 is 19.1 Å². The third kappa shape index (κ3) is 9.26. The largest absolute Gasteiger partial charge is 0.469 e. The topological polar surface area (TPSA) is 70.4 Å². The molecule has 1 atom stereocenters. The minimum absolute atomic E-state index is 0.220. The normalized spacial score (nSPS) is 14.6. The van der Waals surface area contributed by atoms with E-state index >= 15 is 0 Å². The average molecular weight is 515 g/mol. The van der Waals surface area contributed by atoms with Gasteiger partial charge in [-0.1, -0.05) is 65.3 Å². The van der Waals surface area contributed by atoms with Crippen molar-refractivity contribution in [2.24, 2.45) is 5.92 Å². The Morgan fingerprint density at radius 1 is 1.19 bits per heavy atom. The first-order chi connectivity index (χ1) is 17.5. The fourth-order valence-electron chi connectivity index (χ4n) is 3.64. The van der Waals surface area contributed by atoms with Gasteiger partial charge in [0.15, 0.2) is 0 Å². The van der Waals surface area contributed by atoms with Gasteiger partial charge in [0.05, 0.1) is 32.0 Å². The van der Waals surface area contributed by atoms with Gasteiger partial charge in [-0.3, -0.25) is 4.79 Å². The summed E-state index contributed by atoms with van der Waals surface area (Å²) in [4.78, 5) is 30.0. The summed E-state index contributed by atoms with van der Waals surface area (Å²) in [5.41, 5.74) is 2.57. The summed E-state index contributed by atoms with van der Waals surface area (Å²) >= 11 is 1.62. The monoisotopic (exact) mass is 514 g/mol. The molecule has 0 aromatic carbocycles. The van der Waals surface area contributed by atoms with Crippen LogP contribution in [0.25, 0.3) is 6.08 Å². The van der Waals surface area contributed by atoms with Gasteiger partial charge in [-0.15, -0.1) is 11.3 Å². The molecule has 0 saturated carbocycles. The molecule has 3 rings (SSSR count). The summed E-state index contributed by atoms with van der Waals surface area (Å²) in [5.74, 6) is 0.201. The van der Waals surface area contributed by atoms with E-state index in [0.717, 1.165) is 41.2 Å². The van der Waals surface area contributed by atoms with E-state index in [0.29, 0.717) is 25.0 Å². The summed E-state index contributed by atoms with van der Waals surface area (Å²) in [6.07, 6.45) is 13.8. The number of nitrogens with zero attached hydrogens (tertiary/aromatic N) is 2. The molecule has 2 heterocycles. The van der Waals surface area contributed by atoms with Gasteiger partial charge in [0.2, 0.25) is 0 Å². The quantitative estimate of drug-likeness (QED) is 0.257. The van der Waals surface area contributed by atoms with E-state index < -0.39 is 0 Å². The van der Waals surface area contributed by atoms with Crippen molar-refractivity contribution in [3.63, 3.8) is 0 Å². The second-order valence-electron chi connectivity index (χ2n) is 7.71. The lowest BCUT2D eigenvalue weighted by molar-refractivity contribution is -0.143. The second kappa shape index (κ2) is 17.5. The Balaban J connectivity index is 0.00000154. The van der Waals surface area contributed by atoms with Gasteiger partial charge in [0, 0.05) is 29.8 Å². The van der Waals surface area contributed by atoms with E-state index in [1.54, 1.807) is 11.3 Å². The van der Waals surface area contributed by atoms with Crippen molar-refractivity contribution in [2.45, 2.75) is 73.3 Å². The fourth-order valence-corrected chi connectivity index (χ4v) is 4.37. The van der Waals surface area contributed by atoms with Crippen LogP contribution in [-0.2, 0) is 38.4 Å². The molecule has 1 aliphatic carbocycles. The van der Waals surface area contributed by atoms with Crippen LogP contribution in [0.5, 0.6) is 0 Å². The Bertz CT molecular complexity index is 1020. The van der Waals surface area contributed by atoms with Gasteiger partial charge in [-0.2, -0.15) is 0 Å². The molecular weight excluding hydrogens is 472 g/mol. The highest BCUT2D eigenvalue weighted by Crippen LogP contribution is 2.23. The number of unbranched alkanes of at least 4 members (excludes halogenated alkanes) is 1. The molecule has 0 fully saturated rings. The number of carbonyl (C=O) groups excluding carboxylic acids is 2. The Labute approximate surface area is 220 Å². The van der Waals surface area contributed by atoms with Crippen LogP contribution in [0.1, 0.15) is 70.3 Å². The maximum atomic E-state index is 12.5. The summed E-state index contributed by atoms with van der Waals surface area (Å²) < 4.78 is 12.0. The Kier molecular flexibility index (Phi) is 15.1. The molecule has 7 heteroatoms. The fraction of sp³-hybridized carbons (Fsp3) is 0.483. The summed E-state index contributed by atoms with van der Waals surface area (Å²) in [5, 5.41) is 2.00. The number of methoxy groups -OCH3 is 2. The third-order valence-corrected chi connectivity index (χ3v) is 6.34. The number of ether oxygens (including phenoxy) is 2. The molecule has 1 aliphatic rings. The number of imidazole rings is 1. The molecule has 0 radical (unpaired) electrons. The summed E-state index contributed by atoms with van der Waals surface area (Å²) in [7, 11) is 2.82. The molecule has 0 spiro atoms. The molecule has 0 amide bonds. The highest BCUT2D eigenvalue weighted by molar-refractivity contribution is 7.09. The smallest absolute Gasteiger partial charge is 0.334 e. The first-order valence-corrected chi connectivity index (χ1v) is 13.7.